The third kappa shape index (κ3) is 3.45. The van der Waals surface area contributed by atoms with Gasteiger partial charge in [-0.25, -0.2) is 5.11 Å². The first-order chi connectivity index (χ1) is 5.33. The number of hydrogen-bond acceptors (Lipinski definition) is 1. The third-order valence-corrected chi connectivity index (χ3v) is 3.65. The smallest absolute Gasteiger partial charge is 0.105 e. The second-order valence-electron chi connectivity index (χ2n) is 3.14. The van der Waals surface area contributed by atoms with Crippen molar-refractivity contribution in [3.8, 4) is 0 Å². The molecule has 0 amide bonds. The molecule has 0 atom stereocenters. The molecule has 0 aromatic rings. The van der Waals surface area contributed by atoms with Crippen LogP contribution < -0.4 is 0 Å². The summed E-state index contributed by atoms with van der Waals surface area (Å²) in [6, 6.07) is 0. The van der Waals surface area contributed by atoms with Crippen molar-refractivity contribution in [2.24, 2.45) is 5.92 Å². The fraction of sp³-hybridized carbons (Fsp3) is 1.00. The Morgan fingerprint density at radius 3 is 2.55 bits per heavy atom. The van der Waals surface area contributed by atoms with Crippen LogP contribution in [0.25, 0.3) is 0 Å². The van der Waals surface area contributed by atoms with E-state index >= 15 is 0 Å². The van der Waals surface area contributed by atoms with E-state index in [1.54, 1.807) is 0 Å². The Kier molecular flexibility index (Phi) is 4.26. The summed E-state index contributed by atoms with van der Waals surface area (Å²) in [5.74, 6) is 2.43. The van der Waals surface area contributed by atoms with Gasteiger partial charge < -0.3 is 4.55 Å². The Bertz CT molecular complexity index is 97.5. The van der Waals surface area contributed by atoms with Crippen molar-refractivity contribution in [1.29, 1.82) is 0 Å². The van der Waals surface area contributed by atoms with E-state index in [4.69, 9.17) is 0 Å². The Morgan fingerprint density at radius 2 is 2.00 bits per heavy atom. The van der Waals surface area contributed by atoms with Crippen molar-refractivity contribution in [3.63, 3.8) is 0 Å². The van der Waals surface area contributed by atoms with Crippen molar-refractivity contribution in [2.75, 3.05) is 18.1 Å². The van der Waals surface area contributed by atoms with Gasteiger partial charge in [0.15, 0.2) is 0 Å². The minimum atomic E-state index is -0.545. The molecule has 1 rings (SSSR count). The van der Waals surface area contributed by atoms with E-state index in [-0.39, 0.29) is 6.61 Å². The predicted molar refractivity (Wildman–Crippen MR) is 45.4 cm³/mol. The van der Waals surface area contributed by atoms with E-state index < -0.39 is 11.2 Å². The highest BCUT2D eigenvalue weighted by atomic mass is 32.2. The van der Waals surface area contributed by atoms with Crippen LogP contribution in [0.1, 0.15) is 25.7 Å². The van der Waals surface area contributed by atoms with Gasteiger partial charge in [0.05, 0.1) is 6.61 Å². The lowest BCUT2D eigenvalue weighted by Crippen LogP contribution is -2.23. The molecule has 2 nitrogen and oxygen atoms in total. The van der Waals surface area contributed by atoms with Crippen molar-refractivity contribution in [1.82, 2.24) is 0 Å². The van der Waals surface area contributed by atoms with Gasteiger partial charge in [0, 0.05) is 0 Å². The number of hydrogen-bond donors (Lipinski definition) is 0. The fourth-order valence-electron chi connectivity index (χ4n) is 1.50. The van der Waals surface area contributed by atoms with Crippen molar-refractivity contribution in [3.05, 3.63) is 0 Å². The standard InChI is InChI=1S/C8H15O2S/c9-5-1-2-8-3-6-11(10)7-4-8/h8H,1-7H2. The summed E-state index contributed by atoms with van der Waals surface area (Å²) in [6.45, 7) is 0.0551. The summed E-state index contributed by atoms with van der Waals surface area (Å²) in [5.41, 5.74) is 0. The molecular weight excluding hydrogens is 160 g/mol. The molecule has 0 spiro atoms. The Labute approximate surface area is 71.2 Å². The van der Waals surface area contributed by atoms with Crippen LogP contribution in [0.2, 0.25) is 0 Å². The Hall–Kier alpha value is 0.270. The summed E-state index contributed by atoms with van der Waals surface area (Å²) in [7, 11) is 0. The minimum absolute atomic E-state index is 0.0551. The normalized spacial score (nSPS) is 32.2. The van der Waals surface area contributed by atoms with Gasteiger partial charge in [-0.2, -0.15) is 0 Å². The average molecular weight is 175 g/mol. The van der Waals surface area contributed by atoms with Crippen LogP contribution in [0.3, 0.4) is 0 Å². The molecule has 11 heavy (non-hydrogen) atoms. The van der Waals surface area contributed by atoms with Crippen LogP contribution in [-0.4, -0.2) is 22.7 Å². The maximum atomic E-state index is 10.9. The summed E-state index contributed by atoms with van der Waals surface area (Å²) in [5, 5.41) is 10.2. The molecule has 0 bridgehead atoms. The SMILES string of the molecule is [O]CCCC1CC[S+]([O-])CC1. The Balaban J connectivity index is 2.07. The highest BCUT2D eigenvalue weighted by molar-refractivity contribution is 7.91. The average Bonchev–Trinajstić information content (AvgIpc) is 2.04. The molecule has 1 radical (unpaired) electrons. The zero-order valence-corrected chi connectivity index (χ0v) is 7.57. The van der Waals surface area contributed by atoms with Gasteiger partial charge in [0.2, 0.25) is 0 Å². The van der Waals surface area contributed by atoms with E-state index in [0.29, 0.717) is 5.92 Å². The lowest BCUT2D eigenvalue weighted by molar-refractivity contribution is 0.179. The number of rotatable bonds is 3. The molecule has 1 aliphatic heterocycles. The van der Waals surface area contributed by atoms with E-state index in [1.807, 2.05) is 0 Å². The molecule has 3 heteroatoms. The van der Waals surface area contributed by atoms with E-state index in [2.05, 4.69) is 0 Å². The zero-order valence-electron chi connectivity index (χ0n) is 6.75. The molecule has 1 aliphatic rings. The van der Waals surface area contributed by atoms with Crippen LogP contribution in [-0.2, 0) is 16.3 Å². The second-order valence-corrected chi connectivity index (χ2v) is 4.83. The molecule has 0 saturated carbocycles. The predicted octanol–water partition coefficient (Wildman–Crippen LogP) is 1.36. The van der Waals surface area contributed by atoms with Crippen LogP contribution >= 0.6 is 0 Å². The first-order valence-electron chi connectivity index (χ1n) is 4.26. The highest BCUT2D eigenvalue weighted by Crippen LogP contribution is 2.22. The second kappa shape index (κ2) is 5.01. The summed E-state index contributed by atoms with van der Waals surface area (Å²) in [6.07, 6.45) is 4.01. The summed E-state index contributed by atoms with van der Waals surface area (Å²) < 4.78 is 10.9. The van der Waals surface area contributed by atoms with Gasteiger partial charge in [-0.05, 0) is 31.6 Å². The minimum Gasteiger partial charge on any atom is -0.616 e. The van der Waals surface area contributed by atoms with Gasteiger partial charge in [0.25, 0.3) is 0 Å². The van der Waals surface area contributed by atoms with Gasteiger partial charge in [-0.15, -0.1) is 0 Å². The maximum absolute atomic E-state index is 10.9. The van der Waals surface area contributed by atoms with Gasteiger partial charge in [-0.3, -0.25) is 0 Å². The largest absolute Gasteiger partial charge is 0.616 e. The lowest BCUT2D eigenvalue weighted by atomic mass is 9.97. The van der Waals surface area contributed by atoms with Crippen molar-refractivity contribution >= 4 is 11.2 Å². The molecule has 65 valence electrons. The molecule has 0 aliphatic carbocycles. The summed E-state index contributed by atoms with van der Waals surface area (Å²) >= 11 is -0.545. The first kappa shape index (κ1) is 9.36. The molecule has 1 saturated heterocycles. The van der Waals surface area contributed by atoms with Crippen LogP contribution in [0.5, 0.6) is 0 Å². The molecule has 1 fully saturated rings. The quantitative estimate of drug-likeness (QED) is 0.597. The van der Waals surface area contributed by atoms with Crippen LogP contribution in [0.4, 0.5) is 0 Å². The topological polar surface area (TPSA) is 43.0 Å². The molecule has 1 heterocycles. The van der Waals surface area contributed by atoms with E-state index in [1.165, 1.54) is 0 Å². The molecule has 0 unspecified atom stereocenters. The summed E-state index contributed by atoms with van der Waals surface area (Å²) in [4.78, 5) is 0. The van der Waals surface area contributed by atoms with Crippen LogP contribution in [0, 0.1) is 5.92 Å². The maximum Gasteiger partial charge on any atom is 0.105 e. The van der Waals surface area contributed by atoms with Crippen molar-refractivity contribution < 1.29 is 9.66 Å². The molecule has 0 N–H and O–H groups in total. The highest BCUT2D eigenvalue weighted by Gasteiger charge is 2.20. The molecular formula is C8H15O2S. The Morgan fingerprint density at radius 1 is 1.36 bits per heavy atom. The van der Waals surface area contributed by atoms with Gasteiger partial charge in [0.1, 0.15) is 11.5 Å². The fourth-order valence-corrected chi connectivity index (χ4v) is 2.90. The van der Waals surface area contributed by atoms with E-state index in [9.17, 15) is 9.66 Å². The van der Waals surface area contributed by atoms with E-state index in [0.717, 1.165) is 37.2 Å². The molecule has 0 aromatic heterocycles. The van der Waals surface area contributed by atoms with Crippen molar-refractivity contribution in [2.45, 2.75) is 25.7 Å². The molecule has 0 aromatic carbocycles. The van der Waals surface area contributed by atoms with Gasteiger partial charge in [-0.1, -0.05) is 11.2 Å². The van der Waals surface area contributed by atoms with Gasteiger partial charge >= 0.3 is 0 Å². The van der Waals surface area contributed by atoms with Crippen LogP contribution in [0.15, 0.2) is 0 Å². The zero-order chi connectivity index (χ0) is 8.10. The first-order valence-corrected chi connectivity index (χ1v) is 5.75. The lowest BCUT2D eigenvalue weighted by Gasteiger charge is -2.23. The monoisotopic (exact) mass is 175 g/mol. The third-order valence-electron chi connectivity index (χ3n) is 2.26.